The van der Waals surface area contributed by atoms with Gasteiger partial charge in [0.25, 0.3) is 0 Å². The van der Waals surface area contributed by atoms with E-state index in [1.54, 1.807) is 7.11 Å². The van der Waals surface area contributed by atoms with Crippen LogP contribution < -0.4 is 10.1 Å². The third kappa shape index (κ3) is 6.35. The Morgan fingerprint density at radius 1 is 1.32 bits per heavy atom. The summed E-state index contributed by atoms with van der Waals surface area (Å²) in [6.45, 7) is 4.81. The van der Waals surface area contributed by atoms with Crippen LogP contribution in [0.15, 0.2) is 6.07 Å². The zero-order valence-electron chi connectivity index (χ0n) is 12.3. The average molecular weight is 268 g/mol. The van der Waals surface area contributed by atoms with Crippen LogP contribution in [-0.2, 0) is 11.3 Å². The third-order valence-corrected chi connectivity index (χ3v) is 2.40. The van der Waals surface area contributed by atoms with E-state index in [1.165, 1.54) is 0 Å². The predicted octanol–water partition coefficient (Wildman–Crippen LogP) is 1.39. The summed E-state index contributed by atoms with van der Waals surface area (Å²) in [6, 6.07) is 1.82. The molecule has 1 N–H and O–H groups in total. The Balaban J connectivity index is 2.59. The number of hydrogen-bond donors (Lipinski definition) is 1. The van der Waals surface area contributed by atoms with Gasteiger partial charge in [-0.2, -0.15) is 4.98 Å². The van der Waals surface area contributed by atoms with Crippen LogP contribution in [0, 0.1) is 0 Å². The van der Waals surface area contributed by atoms with Crippen LogP contribution in [0.2, 0.25) is 0 Å². The van der Waals surface area contributed by atoms with E-state index in [0.29, 0.717) is 24.9 Å². The highest BCUT2D eigenvalue weighted by Gasteiger charge is 2.05. The van der Waals surface area contributed by atoms with Crippen molar-refractivity contribution in [2.45, 2.75) is 20.0 Å². The quantitative estimate of drug-likeness (QED) is 0.683. The summed E-state index contributed by atoms with van der Waals surface area (Å²) >= 11 is 0. The van der Waals surface area contributed by atoms with Gasteiger partial charge in [-0.1, -0.05) is 0 Å². The van der Waals surface area contributed by atoms with E-state index in [4.69, 9.17) is 9.47 Å². The molecule has 1 aromatic rings. The Bertz CT molecular complexity index is 347. The van der Waals surface area contributed by atoms with Crippen molar-refractivity contribution in [3.05, 3.63) is 11.9 Å². The van der Waals surface area contributed by atoms with E-state index in [0.717, 1.165) is 25.3 Å². The summed E-state index contributed by atoms with van der Waals surface area (Å²) in [5.74, 6) is 1.99. The number of hydrogen-bond acceptors (Lipinski definition) is 6. The Morgan fingerprint density at radius 3 is 2.74 bits per heavy atom. The maximum atomic E-state index is 5.42. The van der Waals surface area contributed by atoms with E-state index >= 15 is 0 Å². The van der Waals surface area contributed by atoms with Crippen molar-refractivity contribution in [1.82, 2.24) is 14.9 Å². The lowest BCUT2D eigenvalue weighted by Gasteiger charge is -2.12. The van der Waals surface area contributed by atoms with Gasteiger partial charge < -0.3 is 19.7 Å². The van der Waals surface area contributed by atoms with E-state index in [9.17, 15) is 0 Å². The normalized spacial score (nSPS) is 10.8. The summed E-state index contributed by atoms with van der Waals surface area (Å²) in [5, 5.41) is 3.28. The maximum absolute atomic E-state index is 5.42. The first-order chi connectivity index (χ1) is 9.15. The first-order valence-corrected chi connectivity index (χ1v) is 6.54. The molecule has 0 radical (unpaired) electrons. The highest BCUT2D eigenvalue weighted by Crippen LogP contribution is 2.14. The van der Waals surface area contributed by atoms with Crippen molar-refractivity contribution in [1.29, 1.82) is 0 Å². The molecule has 0 aliphatic heterocycles. The molecule has 6 heteroatoms. The zero-order valence-corrected chi connectivity index (χ0v) is 12.3. The molecule has 1 heterocycles. The van der Waals surface area contributed by atoms with E-state index in [-0.39, 0.29) is 0 Å². The molecule has 0 atom stereocenters. The molecule has 0 aromatic carbocycles. The summed E-state index contributed by atoms with van der Waals surface area (Å²) < 4.78 is 10.5. The summed E-state index contributed by atoms with van der Waals surface area (Å²) in [6.07, 6.45) is 1.06. The summed E-state index contributed by atoms with van der Waals surface area (Å²) in [7, 11) is 5.75. The molecule has 0 saturated heterocycles. The number of anilines is 1. The molecular formula is C13H24N4O2. The molecule has 0 amide bonds. The Kier molecular flexibility index (Phi) is 7.14. The minimum atomic E-state index is 0.382. The molecule has 0 aliphatic carbocycles. The molecular weight excluding hydrogens is 244 g/mol. The van der Waals surface area contributed by atoms with Crippen molar-refractivity contribution in [2.24, 2.45) is 0 Å². The fourth-order valence-corrected chi connectivity index (χ4v) is 1.59. The minimum absolute atomic E-state index is 0.382. The number of nitrogens with one attached hydrogen (secondary N) is 1. The number of rotatable bonds is 9. The standard InChI is InChI=1S/C13H24N4O2/c1-5-19-13-9-11(14-7-6-8-17(2)3)15-12(16-13)10-18-4/h9H,5-8,10H2,1-4H3,(H,14,15,16). The van der Waals surface area contributed by atoms with Crippen LogP contribution in [0.3, 0.4) is 0 Å². The van der Waals surface area contributed by atoms with Crippen LogP contribution >= 0.6 is 0 Å². The average Bonchev–Trinajstić information content (AvgIpc) is 2.35. The first kappa shape index (κ1) is 15.7. The largest absolute Gasteiger partial charge is 0.478 e. The van der Waals surface area contributed by atoms with Crippen LogP contribution in [0.4, 0.5) is 5.82 Å². The Morgan fingerprint density at radius 2 is 2.11 bits per heavy atom. The first-order valence-electron chi connectivity index (χ1n) is 6.54. The van der Waals surface area contributed by atoms with Crippen LogP contribution in [0.1, 0.15) is 19.2 Å². The van der Waals surface area contributed by atoms with Crippen LogP contribution in [0.25, 0.3) is 0 Å². The molecule has 0 aliphatic rings. The second-order valence-electron chi connectivity index (χ2n) is 4.46. The molecule has 108 valence electrons. The van der Waals surface area contributed by atoms with E-state index < -0.39 is 0 Å². The lowest BCUT2D eigenvalue weighted by atomic mass is 10.4. The molecule has 0 bridgehead atoms. The van der Waals surface area contributed by atoms with Gasteiger partial charge in [0, 0.05) is 19.7 Å². The van der Waals surface area contributed by atoms with Gasteiger partial charge in [0.2, 0.25) is 5.88 Å². The van der Waals surface area contributed by atoms with Gasteiger partial charge in [-0.3, -0.25) is 0 Å². The second-order valence-corrected chi connectivity index (χ2v) is 4.46. The highest BCUT2D eigenvalue weighted by atomic mass is 16.5. The van der Waals surface area contributed by atoms with E-state index in [2.05, 4.69) is 34.3 Å². The monoisotopic (exact) mass is 268 g/mol. The second kappa shape index (κ2) is 8.66. The van der Waals surface area contributed by atoms with Gasteiger partial charge in [0.15, 0.2) is 5.82 Å². The smallest absolute Gasteiger partial charge is 0.218 e. The predicted molar refractivity (Wildman–Crippen MR) is 75.6 cm³/mol. The molecule has 0 saturated carbocycles. The number of methoxy groups -OCH3 is 1. The van der Waals surface area contributed by atoms with Gasteiger partial charge >= 0.3 is 0 Å². The van der Waals surface area contributed by atoms with Crippen molar-refractivity contribution >= 4 is 5.82 Å². The van der Waals surface area contributed by atoms with Gasteiger partial charge in [-0.15, -0.1) is 0 Å². The molecule has 19 heavy (non-hydrogen) atoms. The van der Waals surface area contributed by atoms with Gasteiger partial charge in [-0.25, -0.2) is 4.98 Å². The van der Waals surface area contributed by atoms with Gasteiger partial charge in [0.05, 0.1) is 6.61 Å². The maximum Gasteiger partial charge on any atom is 0.218 e. The minimum Gasteiger partial charge on any atom is -0.478 e. The zero-order chi connectivity index (χ0) is 14.1. The van der Waals surface area contributed by atoms with Crippen molar-refractivity contribution in [3.63, 3.8) is 0 Å². The summed E-state index contributed by atoms with van der Waals surface area (Å²) in [5.41, 5.74) is 0. The molecule has 6 nitrogen and oxygen atoms in total. The van der Waals surface area contributed by atoms with Gasteiger partial charge in [0.1, 0.15) is 12.4 Å². The van der Waals surface area contributed by atoms with E-state index in [1.807, 2.05) is 13.0 Å². The fourth-order valence-electron chi connectivity index (χ4n) is 1.59. The fraction of sp³-hybridized carbons (Fsp3) is 0.692. The highest BCUT2D eigenvalue weighted by molar-refractivity contribution is 5.38. The third-order valence-electron chi connectivity index (χ3n) is 2.40. The molecule has 1 aromatic heterocycles. The lowest BCUT2D eigenvalue weighted by Crippen LogP contribution is -2.17. The molecule has 0 unspecified atom stereocenters. The van der Waals surface area contributed by atoms with Crippen molar-refractivity contribution in [2.75, 3.05) is 46.2 Å². The Labute approximate surface area is 115 Å². The number of aromatic nitrogens is 2. The number of nitrogens with zero attached hydrogens (tertiary/aromatic N) is 3. The topological polar surface area (TPSA) is 59.5 Å². The SMILES string of the molecule is CCOc1cc(NCCCN(C)C)nc(COC)n1. The Hall–Kier alpha value is -1.40. The number of ether oxygens (including phenoxy) is 2. The van der Waals surface area contributed by atoms with Crippen LogP contribution in [0.5, 0.6) is 5.88 Å². The van der Waals surface area contributed by atoms with Crippen molar-refractivity contribution in [3.8, 4) is 5.88 Å². The van der Waals surface area contributed by atoms with Crippen molar-refractivity contribution < 1.29 is 9.47 Å². The molecule has 0 fully saturated rings. The van der Waals surface area contributed by atoms with Crippen LogP contribution in [-0.4, -0.2) is 55.8 Å². The summed E-state index contributed by atoms with van der Waals surface area (Å²) in [4.78, 5) is 10.8. The molecule has 0 spiro atoms. The van der Waals surface area contributed by atoms with Gasteiger partial charge in [-0.05, 0) is 34.0 Å². The lowest BCUT2D eigenvalue weighted by molar-refractivity contribution is 0.176. The molecule has 1 rings (SSSR count).